The van der Waals surface area contributed by atoms with Crippen molar-refractivity contribution < 1.29 is 19.1 Å². The second-order valence-electron chi connectivity index (χ2n) is 3.62. The zero-order chi connectivity index (χ0) is 12.6. The van der Waals surface area contributed by atoms with Crippen LogP contribution in [-0.4, -0.2) is 25.2 Å². The lowest BCUT2D eigenvalue weighted by Crippen LogP contribution is -2.31. The molecule has 0 aliphatic rings. The number of carbonyl (C=O) groups is 2. The van der Waals surface area contributed by atoms with Crippen molar-refractivity contribution in [1.82, 2.24) is 0 Å². The van der Waals surface area contributed by atoms with E-state index < -0.39 is 5.41 Å². The number of esters is 2. The van der Waals surface area contributed by atoms with Crippen LogP contribution in [0, 0.1) is 5.41 Å². The third-order valence-electron chi connectivity index (χ3n) is 2.11. The molecular formula is C12H18O4. The maximum atomic E-state index is 10.8. The maximum absolute atomic E-state index is 10.8. The smallest absolute Gasteiger partial charge is 0.302 e. The van der Waals surface area contributed by atoms with Crippen LogP contribution >= 0.6 is 0 Å². The van der Waals surface area contributed by atoms with E-state index in [2.05, 4.69) is 13.2 Å². The molecule has 0 unspecified atom stereocenters. The van der Waals surface area contributed by atoms with E-state index in [0.29, 0.717) is 6.42 Å². The molecular weight excluding hydrogens is 208 g/mol. The quantitative estimate of drug-likeness (QED) is 0.491. The highest BCUT2D eigenvalue weighted by molar-refractivity contribution is 5.66. The van der Waals surface area contributed by atoms with Crippen LogP contribution in [-0.2, 0) is 19.1 Å². The minimum absolute atomic E-state index is 0.130. The van der Waals surface area contributed by atoms with Gasteiger partial charge in [-0.1, -0.05) is 12.2 Å². The lowest BCUT2D eigenvalue weighted by molar-refractivity contribution is -0.149. The van der Waals surface area contributed by atoms with Crippen molar-refractivity contribution >= 4 is 11.9 Å². The Bertz CT molecular complexity index is 263. The van der Waals surface area contributed by atoms with Crippen molar-refractivity contribution in [2.75, 3.05) is 13.2 Å². The normalized spacial score (nSPS) is 10.4. The van der Waals surface area contributed by atoms with Gasteiger partial charge in [0.1, 0.15) is 13.2 Å². The van der Waals surface area contributed by atoms with Gasteiger partial charge in [-0.25, -0.2) is 0 Å². The molecule has 0 aliphatic carbocycles. The fourth-order valence-electron chi connectivity index (χ4n) is 1.14. The number of rotatable bonds is 7. The summed E-state index contributed by atoms with van der Waals surface area (Å²) in [5, 5.41) is 0. The molecule has 0 aliphatic heterocycles. The summed E-state index contributed by atoms with van der Waals surface area (Å²) in [6, 6.07) is 0. The predicted molar refractivity (Wildman–Crippen MR) is 60.7 cm³/mol. The first kappa shape index (κ1) is 14.4. The molecule has 90 valence electrons. The summed E-state index contributed by atoms with van der Waals surface area (Å²) in [7, 11) is 0. The number of hydrogen-bond acceptors (Lipinski definition) is 4. The number of carbonyl (C=O) groups excluding carboxylic acids is 2. The summed E-state index contributed by atoms with van der Waals surface area (Å²) in [5.74, 6) is -0.753. The van der Waals surface area contributed by atoms with Gasteiger partial charge < -0.3 is 9.47 Å². The lowest BCUT2D eigenvalue weighted by Gasteiger charge is -2.27. The summed E-state index contributed by atoms with van der Waals surface area (Å²) in [4.78, 5) is 21.5. The van der Waals surface area contributed by atoms with Crippen LogP contribution in [0.4, 0.5) is 0 Å². The average molecular weight is 226 g/mol. The van der Waals surface area contributed by atoms with Gasteiger partial charge in [-0.15, -0.1) is 13.2 Å². The van der Waals surface area contributed by atoms with Gasteiger partial charge in [-0.05, 0) is 6.42 Å². The number of allylic oxidation sites excluding steroid dienone is 1. The average Bonchev–Trinajstić information content (AvgIpc) is 2.22. The molecule has 0 saturated carbocycles. The van der Waals surface area contributed by atoms with Crippen LogP contribution in [0.2, 0.25) is 0 Å². The molecule has 4 heteroatoms. The molecule has 16 heavy (non-hydrogen) atoms. The van der Waals surface area contributed by atoms with Crippen molar-refractivity contribution in [2.45, 2.75) is 20.3 Å². The zero-order valence-electron chi connectivity index (χ0n) is 9.82. The molecule has 0 amide bonds. The molecule has 0 heterocycles. The van der Waals surface area contributed by atoms with E-state index in [1.807, 2.05) is 0 Å². The van der Waals surface area contributed by atoms with Crippen molar-refractivity contribution in [3.05, 3.63) is 25.3 Å². The standard InChI is InChI=1S/C12H18O4/c1-5-7-12(6-2,8-15-10(3)13)9-16-11(4)14/h5-6H,1-2,7-9H2,3-4H3. The summed E-state index contributed by atoms with van der Waals surface area (Å²) in [6.07, 6.45) is 3.83. The Hall–Kier alpha value is -1.58. The van der Waals surface area contributed by atoms with Gasteiger partial charge in [-0.2, -0.15) is 0 Å². The zero-order valence-corrected chi connectivity index (χ0v) is 9.82. The molecule has 0 atom stereocenters. The largest absolute Gasteiger partial charge is 0.465 e. The predicted octanol–water partition coefficient (Wildman–Crippen LogP) is 1.86. The molecule has 0 spiro atoms. The van der Waals surface area contributed by atoms with Gasteiger partial charge in [0.25, 0.3) is 0 Å². The molecule has 0 radical (unpaired) electrons. The van der Waals surface area contributed by atoms with E-state index in [0.717, 1.165) is 0 Å². The first-order valence-corrected chi connectivity index (χ1v) is 4.97. The molecule has 0 fully saturated rings. The lowest BCUT2D eigenvalue weighted by atomic mass is 9.86. The van der Waals surface area contributed by atoms with E-state index in [1.54, 1.807) is 12.2 Å². The van der Waals surface area contributed by atoms with Gasteiger partial charge in [0.2, 0.25) is 0 Å². The summed E-state index contributed by atoms with van der Waals surface area (Å²) < 4.78 is 9.87. The maximum Gasteiger partial charge on any atom is 0.302 e. The SMILES string of the molecule is C=CCC(C=C)(COC(C)=O)COC(C)=O. The van der Waals surface area contributed by atoms with Gasteiger partial charge in [-0.3, -0.25) is 9.59 Å². The molecule has 4 nitrogen and oxygen atoms in total. The Labute approximate surface area is 95.9 Å². The highest BCUT2D eigenvalue weighted by Crippen LogP contribution is 2.25. The third-order valence-corrected chi connectivity index (χ3v) is 2.11. The van der Waals surface area contributed by atoms with E-state index in [1.165, 1.54) is 13.8 Å². The summed E-state index contributed by atoms with van der Waals surface area (Å²) >= 11 is 0. The monoisotopic (exact) mass is 226 g/mol. The fourth-order valence-corrected chi connectivity index (χ4v) is 1.14. The number of ether oxygens (including phenoxy) is 2. The van der Waals surface area contributed by atoms with E-state index >= 15 is 0 Å². The Morgan fingerprint density at radius 1 is 1.12 bits per heavy atom. The fraction of sp³-hybridized carbons (Fsp3) is 0.500. The third kappa shape index (κ3) is 5.34. The van der Waals surface area contributed by atoms with Gasteiger partial charge in [0, 0.05) is 13.8 Å². The van der Waals surface area contributed by atoms with Crippen LogP contribution in [0.25, 0.3) is 0 Å². The van der Waals surface area contributed by atoms with Crippen LogP contribution in [0.3, 0.4) is 0 Å². The highest BCUT2D eigenvalue weighted by atomic mass is 16.5. The minimum atomic E-state index is -0.584. The second kappa shape index (κ2) is 6.82. The van der Waals surface area contributed by atoms with E-state index in [4.69, 9.17) is 9.47 Å². The van der Waals surface area contributed by atoms with Crippen LogP contribution in [0.15, 0.2) is 25.3 Å². The molecule has 0 rings (SSSR count). The Balaban J connectivity index is 4.55. The highest BCUT2D eigenvalue weighted by Gasteiger charge is 2.28. The minimum Gasteiger partial charge on any atom is -0.465 e. The molecule has 0 aromatic heterocycles. The van der Waals surface area contributed by atoms with Crippen LogP contribution in [0.1, 0.15) is 20.3 Å². The van der Waals surface area contributed by atoms with Gasteiger partial charge >= 0.3 is 11.9 Å². The molecule has 0 aromatic rings. The number of hydrogen-bond donors (Lipinski definition) is 0. The Kier molecular flexibility index (Phi) is 6.15. The summed E-state index contributed by atoms with van der Waals surface area (Å²) in [6.45, 7) is 10.2. The van der Waals surface area contributed by atoms with Crippen molar-refractivity contribution in [2.24, 2.45) is 5.41 Å². The van der Waals surface area contributed by atoms with Crippen LogP contribution < -0.4 is 0 Å². The van der Waals surface area contributed by atoms with E-state index in [9.17, 15) is 9.59 Å². The van der Waals surface area contributed by atoms with Crippen LogP contribution in [0.5, 0.6) is 0 Å². The topological polar surface area (TPSA) is 52.6 Å². The van der Waals surface area contributed by atoms with E-state index in [-0.39, 0.29) is 25.2 Å². The van der Waals surface area contributed by atoms with Crippen molar-refractivity contribution in [3.63, 3.8) is 0 Å². The van der Waals surface area contributed by atoms with Crippen molar-refractivity contribution in [3.8, 4) is 0 Å². The molecule has 0 N–H and O–H groups in total. The molecule has 0 bridgehead atoms. The van der Waals surface area contributed by atoms with Crippen molar-refractivity contribution in [1.29, 1.82) is 0 Å². The molecule has 0 saturated heterocycles. The summed E-state index contributed by atoms with van der Waals surface area (Å²) in [5.41, 5.74) is -0.584. The van der Waals surface area contributed by atoms with Gasteiger partial charge in [0.15, 0.2) is 0 Å². The molecule has 0 aromatic carbocycles. The second-order valence-corrected chi connectivity index (χ2v) is 3.62. The first-order valence-electron chi connectivity index (χ1n) is 4.97. The Morgan fingerprint density at radius 2 is 1.56 bits per heavy atom. The van der Waals surface area contributed by atoms with Gasteiger partial charge in [0.05, 0.1) is 5.41 Å². The first-order chi connectivity index (χ1) is 7.45. The Morgan fingerprint density at radius 3 is 1.81 bits per heavy atom.